The van der Waals surface area contributed by atoms with Gasteiger partial charge in [0.2, 0.25) is 0 Å². The predicted octanol–water partition coefficient (Wildman–Crippen LogP) is 2.34. The highest BCUT2D eigenvalue weighted by molar-refractivity contribution is 7.44. The first-order chi connectivity index (χ1) is 9.39. The monoisotopic (exact) mass is 315 g/mol. The van der Waals surface area contributed by atoms with E-state index in [1.165, 1.54) is 0 Å². The van der Waals surface area contributed by atoms with Crippen LogP contribution >= 0.6 is 7.82 Å². The molecule has 5 nitrogen and oxygen atoms in total. The maximum atomic E-state index is 11.2. The average molecular weight is 315 g/mol. The summed E-state index contributed by atoms with van der Waals surface area (Å²) in [6, 6.07) is 5.96. The molecule has 1 aromatic rings. The molecule has 0 aliphatic heterocycles. The third kappa shape index (κ3) is 6.29. The molecule has 0 saturated carbocycles. The molecule has 0 spiro atoms. The van der Waals surface area contributed by atoms with E-state index in [4.69, 9.17) is 9.42 Å². The standard InChI is InChI=1S/C15H26NO4P/c1-11(2)13-8-7-12(3)14(9-13)15(10-16(4,5)6)20-21(17,18)19/h7-9,11,15H,10H2,1-6H3,(H-,17,18,19). The molecule has 2 unspecified atom stereocenters. The van der Waals surface area contributed by atoms with Gasteiger partial charge in [0.1, 0.15) is 12.6 Å². The van der Waals surface area contributed by atoms with Gasteiger partial charge < -0.3 is 18.8 Å². The second-order valence-corrected chi connectivity index (χ2v) is 7.95. The minimum absolute atomic E-state index is 0.335. The normalized spacial score (nSPS) is 16.8. The Labute approximate surface area is 127 Å². The lowest BCUT2D eigenvalue weighted by Crippen LogP contribution is -2.39. The van der Waals surface area contributed by atoms with Crippen molar-refractivity contribution in [2.75, 3.05) is 27.7 Å². The number of hydrogen-bond donors (Lipinski definition) is 1. The number of benzene rings is 1. The van der Waals surface area contributed by atoms with Gasteiger partial charge in [0.25, 0.3) is 7.82 Å². The van der Waals surface area contributed by atoms with Crippen LogP contribution in [-0.4, -0.2) is 37.1 Å². The van der Waals surface area contributed by atoms with Crippen LogP contribution in [0, 0.1) is 6.92 Å². The predicted molar refractivity (Wildman–Crippen MR) is 81.8 cm³/mol. The van der Waals surface area contributed by atoms with E-state index in [0.717, 1.165) is 16.7 Å². The fourth-order valence-electron chi connectivity index (χ4n) is 2.21. The summed E-state index contributed by atoms with van der Waals surface area (Å²) in [5.41, 5.74) is 2.87. The van der Waals surface area contributed by atoms with Crippen LogP contribution in [0.4, 0.5) is 0 Å². The molecule has 0 bridgehead atoms. The molecule has 2 atom stereocenters. The van der Waals surface area contributed by atoms with Crippen molar-refractivity contribution in [1.82, 2.24) is 0 Å². The summed E-state index contributed by atoms with van der Waals surface area (Å²) in [5.74, 6) is 0.335. The molecule has 21 heavy (non-hydrogen) atoms. The molecule has 1 N–H and O–H groups in total. The molecule has 0 aromatic heterocycles. The Hall–Kier alpha value is -0.710. The Kier molecular flexibility index (Phi) is 5.76. The SMILES string of the molecule is Cc1ccc(C(C)C)cc1C(C[N+](C)(C)C)OP(=O)([O-])O. The highest BCUT2D eigenvalue weighted by Crippen LogP contribution is 2.40. The van der Waals surface area contributed by atoms with E-state index in [0.29, 0.717) is 16.9 Å². The van der Waals surface area contributed by atoms with E-state index in [1.807, 2.05) is 46.3 Å². The van der Waals surface area contributed by atoms with Crippen LogP contribution in [0.2, 0.25) is 0 Å². The van der Waals surface area contributed by atoms with Gasteiger partial charge in [-0.3, -0.25) is 4.57 Å². The third-order valence-corrected chi connectivity index (χ3v) is 3.81. The lowest BCUT2D eigenvalue weighted by Gasteiger charge is -2.32. The molecular formula is C15H26NO4P. The van der Waals surface area contributed by atoms with Crippen molar-refractivity contribution in [2.24, 2.45) is 0 Å². The Morgan fingerprint density at radius 2 is 1.90 bits per heavy atom. The van der Waals surface area contributed by atoms with Gasteiger partial charge in [0, 0.05) is 0 Å². The zero-order chi connectivity index (χ0) is 16.4. The maximum Gasteiger partial charge on any atom is 0.266 e. The number of hydrogen-bond acceptors (Lipinski definition) is 3. The number of aryl methyl sites for hydroxylation is 1. The Balaban J connectivity index is 3.24. The van der Waals surface area contributed by atoms with Gasteiger partial charge in [-0.25, -0.2) is 0 Å². The Bertz CT molecular complexity index is 531. The molecule has 6 heteroatoms. The van der Waals surface area contributed by atoms with E-state index in [9.17, 15) is 9.46 Å². The van der Waals surface area contributed by atoms with Gasteiger partial charge in [-0.15, -0.1) is 0 Å². The first-order valence-electron chi connectivity index (χ1n) is 7.02. The van der Waals surface area contributed by atoms with Gasteiger partial charge in [-0.2, -0.15) is 0 Å². The molecule has 0 aliphatic carbocycles. The summed E-state index contributed by atoms with van der Waals surface area (Å²) in [6.45, 7) is 6.51. The Morgan fingerprint density at radius 3 is 2.33 bits per heavy atom. The molecule has 0 aliphatic rings. The van der Waals surface area contributed by atoms with Gasteiger partial charge in [0.15, 0.2) is 0 Å². The van der Waals surface area contributed by atoms with Crippen LogP contribution in [-0.2, 0) is 9.09 Å². The highest BCUT2D eigenvalue weighted by atomic mass is 31.2. The van der Waals surface area contributed by atoms with Crippen LogP contribution in [0.3, 0.4) is 0 Å². The minimum atomic E-state index is -4.79. The molecule has 1 aromatic carbocycles. The summed E-state index contributed by atoms with van der Waals surface area (Å²) in [5, 5.41) is 0. The first kappa shape index (κ1) is 18.3. The second kappa shape index (κ2) is 6.59. The number of rotatable bonds is 6. The van der Waals surface area contributed by atoms with Gasteiger partial charge >= 0.3 is 0 Å². The largest absolute Gasteiger partial charge is 0.756 e. The number of nitrogens with zero attached hydrogens (tertiary/aromatic N) is 1. The van der Waals surface area contributed by atoms with E-state index >= 15 is 0 Å². The van der Waals surface area contributed by atoms with Crippen molar-refractivity contribution in [3.05, 3.63) is 34.9 Å². The van der Waals surface area contributed by atoms with Crippen LogP contribution in [0.1, 0.15) is 42.6 Å². The number of likely N-dealkylation sites (N-methyl/N-ethyl adjacent to an activating group) is 1. The Morgan fingerprint density at radius 1 is 1.33 bits per heavy atom. The quantitative estimate of drug-likeness (QED) is 0.646. The zero-order valence-corrected chi connectivity index (χ0v) is 14.6. The summed E-state index contributed by atoms with van der Waals surface area (Å²) >= 11 is 0. The van der Waals surface area contributed by atoms with Crippen molar-refractivity contribution >= 4 is 7.82 Å². The third-order valence-electron chi connectivity index (χ3n) is 3.29. The van der Waals surface area contributed by atoms with E-state index in [1.54, 1.807) is 0 Å². The molecule has 1 rings (SSSR count). The number of quaternary nitrogens is 1. The lowest BCUT2D eigenvalue weighted by atomic mass is 9.95. The number of phosphoric ester groups is 1. The van der Waals surface area contributed by atoms with Crippen molar-refractivity contribution in [3.8, 4) is 0 Å². The van der Waals surface area contributed by atoms with Crippen LogP contribution in [0.15, 0.2) is 18.2 Å². The number of phosphoric acid groups is 1. The van der Waals surface area contributed by atoms with Crippen molar-refractivity contribution in [2.45, 2.75) is 32.8 Å². The van der Waals surface area contributed by atoms with Crippen LogP contribution in [0.25, 0.3) is 0 Å². The van der Waals surface area contributed by atoms with Gasteiger partial charge in [-0.05, 0) is 29.5 Å². The summed E-state index contributed by atoms with van der Waals surface area (Å²) < 4.78 is 16.7. The summed E-state index contributed by atoms with van der Waals surface area (Å²) in [6.07, 6.45) is -0.697. The van der Waals surface area contributed by atoms with E-state index in [-0.39, 0.29) is 0 Å². The highest BCUT2D eigenvalue weighted by Gasteiger charge is 2.26. The van der Waals surface area contributed by atoms with Crippen molar-refractivity contribution in [1.29, 1.82) is 0 Å². The zero-order valence-electron chi connectivity index (χ0n) is 13.7. The molecule has 0 heterocycles. The average Bonchev–Trinajstić information content (AvgIpc) is 2.24. The lowest BCUT2D eigenvalue weighted by molar-refractivity contribution is -0.874. The molecule has 0 amide bonds. The molecular weight excluding hydrogens is 289 g/mol. The van der Waals surface area contributed by atoms with Crippen molar-refractivity contribution in [3.63, 3.8) is 0 Å². The van der Waals surface area contributed by atoms with E-state index < -0.39 is 13.9 Å². The maximum absolute atomic E-state index is 11.2. The fraction of sp³-hybridized carbons (Fsp3) is 0.600. The van der Waals surface area contributed by atoms with Crippen LogP contribution < -0.4 is 4.89 Å². The van der Waals surface area contributed by atoms with Crippen LogP contribution in [0.5, 0.6) is 0 Å². The summed E-state index contributed by atoms with van der Waals surface area (Å²) in [4.78, 5) is 20.3. The fourth-order valence-corrected chi connectivity index (χ4v) is 2.71. The molecule has 0 radical (unpaired) electrons. The summed E-state index contributed by atoms with van der Waals surface area (Å²) in [7, 11) is 1.06. The molecule has 0 saturated heterocycles. The van der Waals surface area contributed by atoms with Gasteiger partial charge in [-0.1, -0.05) is 32.0 Å². The topological polar surface area (TPSA) is 69.6 Å². The second-order valence-electron chi connectivity index (χ2n) is 6.81. The van der Waals surface area contributed by atoms with E-state index in [2.05, 4.69) is 13.8 Å². The minimum Gasteiger partial charge on any atom is -0.756 e. The first-order valence-corrected chi connectivity index (χ1v) is 8.52. The van der Waals surface area contributed by atoms with Crippen molar-refractivity contribution < 1.29 is 23.4 Å². The smallest absolute Gasteiger partial charge is 0.266 e. The molecule has 120 valence electrons. The molecule has 0 fully saturated rings. The van der Waals surface area contributed by atoms with Gasteiger partial charge in [0.05, 0.1) is 21.1 Å².